The van der Waals surface area contributed by atoms with E-state index in [0.717, 1.165) is 21.5 Å². The second-order valence-electron chi connectivity index (χ2n) is 4.23. The summed E-state index contributed by atoms with van der Waals surface area (Å²) in [6, 6.07) is 6.17. The average molecular weight is 329 g/mol. The monoisotopic (exact) mass is 327 g/mol. The molecular weight excluding hydrogens is 314 g/mol. The molecule has 2 rings (SSSR count). The predicted octanol–water partition coefficient (Wildman–Crippen LogP) is 3.34. The van der Waals surface area contributed by atoms with Crippen molar-refractivity contribution >= 4 is 27.5 Å². The molecule has 0 saturated carbocycles. The smallest absolute Gasteiger partial charge is 0.0522 e. The number of benzene rings is 1. The van der Waals surface area contributed by atoms with Crippen LogP contribution in [0.2, 0.25) is 5.02 Å². The summed E-state index contributed by atoms with van der Waals surface area (Å²) in [5, 5.41) is 8.25. The number of likely N-dealkylation sites (N-methyl/N-ethyl adjacent to an activating group) is 1. The van der Waals surface area contributed by atoms with E-state index in [2.05, 4.69) is 26.3 Å². The maximum Gasteiger partial charge on any atom is 0.0522 e. The number of rotatable bonds is 4. The third-order valence-electron chi connectivity index (χ3n) is 2.88. The van der Waals surface area contributed by atoms with Gasteiger partial charge < -0.3 is 5.32 Å². The van der Waals surface area contributed by atoms with E-state index < -0.39 is 0 Å². The third kappa shape index (κ3) is 3.13. The SMILES string of the molecule is CNC(Cc1cnn(C)c1)c1ccc(Br)cc1Cl. The molecule has 0 spiro atoms. The Bertz CT molecular complexity index is 539. The summed E-state index contributed by atoms with van der Waals surface area (Å²) < 4.78 is 2.80. The molecule has 96 valence electrons. The van der Waals surface area contributed by atoms with Crippen molar-refractivity contribution in [2.75, 3.05) is 7.05 Å². The molecular formula is C13H15BrClN3. The quantitative estimate of drug-likeness (QED) is 0.933. The first-order valence-electron chi connectivity index (χ1n) is 5.70. The highest BCUT2D eigenvalue weighted by molar-refractivity contribution is 9.10. The molecule has 0 fully saturated rings. The van der Waals surface area contributed by atoms with Gasteiger partial charge in [-0.15, -0.1) is 0 Å². The molecule has 0 radical (unpaired) electrons. The van der Waals surface area contributed by atoms with E-state index in [1.165, 1.54) is 5.56 Å². The zero-order valence-electron chi connectivity index (χ0n) is 10.3. The Hall–Kier alpha value is -0.840. The molecule has 1 N–H and O–H groups in total. The Morgan fingerprint density at radius 3 is 2.83 bits per heavy atom. The normalized spacial score (nSPS) is 12.7. The number of halogens is 2. The Labute approximate surface area is 120 Å². The van der Waals surface area contributed by atoms with Crippen molar-refractivity contribution in [3.63, 3.8) is 0 Å². The zero-order valence-corrected chi connectivity index (χ0v) is 12.7. The van der Waals surface area contributed by atoms with E-state index in [0.29, 0.717) is 0 Å². The zero-order chi connectivity index (χ0) is 13.1. The van der Waals surface area contributed by atoms with Gasteiger partial charge in [0.1, 0.15) is 0 Å². The molecule has 1 heterocycles. The molecule has 0 saturated heterocycles. The number of hydrogen-bond donors (Lipinski definition) is 1. The van der Waals surface area contributed by atoms with Crippen molar-refractivity contribution in [3.8, 4) is 0 Å². The van der Waals surface area contributed by atoms with Crippen LogP contribution in [0.3, 0.4) is 0 Å². The van der Waals surface area contributed by atoms with E-state index in [4.69, 9.17) is 11.6 Å². The highest BCUT2D eigenvalue weighted by Crippen LogP contribution is 2.28. The lowest BCUT2D eigenvalue weighted by Gasteiger charge is -2.17. The number of nitrogens with one attached hydrogen (secondary N) is 1. The van der Waals surface area contributed by atoms with Crippen molar-refractivity contribution in [1.29, 1.82) is 0 Å². The summed E-state index contributed by atoms with van der Waals surface area (Å²) in [6.45, 7) is 0. The largest absolute Gasteiger partial charge is 0.313 e. The summed E-state index contributed by atoms with van der Waals surface area (Å²) >= 11 is 9.70. The van der Waals surface area contributed by atoms with Gasteiger partial charge >= 0.3 is 0 Å². The van der Waals surface area contributed by atoms with Crippen molar-refractivity contribution in [2.24, 2.45) is 7.05 Å². The van der Waals surface area contributed by atoms with Crippen LogP contribution < -0.4 is 5.32 Å². The molecule has 5 heteroatoms. The van der Waals surface area contributed by atoms with Crippen LogP contribution in [0.15, 0.2) is 35.1 Å². The summed E-state index contributed by atoms with van der Waals surface area (Å²) in [4.78, 5) is 0. The van der Waals surface area contributed by atoms with E-state index in [9.17, 15) is 0 Å². The molecule has 0 amide bonds. The molecule has 1 aromatic heterocycles. The minimum absolute atomic E-state index is 0.190. The van der Waals surface area contributed by atoms with Crippen molar-refractivity contribution < 1.29 is 0 Å². The molecule has 1 atom stereocenters. The Morgan fingerprint density at radius 2 is 2.28 bits per heavy atom. The van der Waals surface area contributed by atoms with Gasteiger partial charge in [-0.3, -0.25) is 4.68 Å². The Kier molecular flexibility index (Phi) is 4.43. The van der Waals surface area contributed by atoms with Crippen LogP contribution in [0.1, 0.15) is 17.2 Å². The fourth-order valence-corrected chi connectivity index (χ4v) is 2.77. The van der Waals surface area contributed by atoms with Gasteiger partial charge in [-0.05, 0) is 36.7 Å². The highest BCUT2D eigenvalue weighted by atomic mass is 79.9. The van der Waals surface area contributed by atoms with Gasteiger partial charge in [0.25, 0.3) is 0 Å². The number of aryl methyl sites for hydroxylation is 1. The predicted molar refractivity (Wildman–Crippen MR) is 77.9 cm³/mol. The van der Waals surface area contributed by atoms with Crippen molar-refractivity contribution in [1.82, 2.24) is 15.1 Å². The van der Waals surface area contributed by atoms with Crippen molar-refractivity contribution in [3.05, 3.63) is 51.2 Å². The molecule has 3 nitrogen and oxygen atoms in total. The van der Waals surface area contributed by atoms with Gasteiger partial charge in [-0.2, -0.15) is 5.10 Å². The number of nitrogens with zero attached hydrogens (tertiary/aromatic N) is 2. The van der Waals surface area contributed by atoms with Crippen LogP contribution in [-0.4, -0.2) is 16.8 Å². The minimum atomic E-state index is 0.190. The van der Waals surface area contributed by atoms with E-state index in [1.807, 2.05) is 49.4 Å². The van der Waals surface area contributed by atoms with E-state index >= 15 is 0 Å². The lowest BCUT2D eigenvalue weighted by Crippen LogP contribution is -2.19. The molecule has 18 heavy (non-hydrogen) atoms. The maximum atomic E-state index is 6.28. The summed E-state index contributed by atoms with van der Waals surface area (Å²) in [5.74, 6) is 0. The lowest BCUT2D eigenvalue weighted by atomic mass is 10.0. The Balaban J connectivity index is 2.22. The highest BCUT2D eigenvalue weighted by Gasteiger charge is 2.14. The van der Waals surface area contributed by atoms with Crippen LogP contribution in [0.5, 0.6) is 0 Å². The van der Waals surface area contributed by atoms with Gasteiger partial charge in [-0.25, -0.2) is 0 Å². The molecule has 0 aliphatic rings. The fraction of sp³-hybridized carbons (Fsp3) is 0.308. The average Bonchev–Trinajstić information content (AvgIpc) is 2.72. The summed E-state index contributed by atoms with van der Waals surface area (Å²) in [5.41, 5.74) is 2.29. The molecule has 2 aromatic rings. The van der Waals surface area contributed by atoms with Crippen LogP contribution in [0.25, 0.3) is 0 Å². The molecule has 1 unspecified atom stereocenters. The van der Waals surface area contributed by atoms with Crippen LogP contribution >= 0.6 is 27.5 Å². The lowest BCUT2D eigenvalue weighted by molar-refractivity contribution is 0.592. The van der Waals surface area contributed by atoms with Gasteiger partial charge in [0.2, 0.25) is 0 Å². The van der Waals surface area contributed by atoms with E-state index in [-0.39, 0.29) is 6.04 Å². The topological polar surface area (TPSA) is 29.9 Å². The first-order chi connectivity index (χ1) is 8.60. The maximum absolute atomic E-state index is 6.28. The minimum Gasteiger partial charge on any atom is -0.313 e. The van der Waals surface area contributed by atoms with Gasteiger partial charge in [-0.1, -0.05) is 33.6 Å². The van der Waals surface area contributed by atoms with E-state index in [1.54, 1.807) is 0 Å². The molecule has 0 aliphatic carbocycles. The van der Waals surface area contributed by atoms with Crippen molar-refractivity contribution in [2.45, 2.75) is 12.5 Å². The second-order valence-corrected chi connectivity index (χ2v) is 5.56. The van der Waals surface area contributed by atoms with Crippen LogP contribution in [-0.2, 0) is 13.5 Å². The third-order valence-corrected chi connectivity index (χ3v) is 3.71. The van der Waals surface area contributed by atoms with Gasteiger partial charge in [0.05, 0.1) is 6.20 Å². The number of aromatic nitrogens is 2. The van der Waals surface area contributed by atoms with Crippen LogP contribution in [0.4, 0.5) is 0 Å². The first-order valence-corrected chi connectivity index (χ1v) is 6.87. The fourth-order valence-electron chi connectivity index (χ4n) is 1.96. The second kappa shape index (κ2) is 5.87. The molecule has 1 aromatic carbocycles. The van der Waals surface area contributed by atoms with Gasteiger partial charge in [0, 0.05) is 28.8 Å². The standard InChI is InChI=1S/C13H15BrClN3/c1-16-13(5-9-7-17-18(2)8-9)11-4-3-10(14)6-12(11)15/h3-4,6-8,13,16H,5H2,1-2H3. The first kappa shape index (κ1) is 13.6. The number of hydrogen-bond acceptors (Lipinski definition) is 2. The summed E-state index contributed by atoms with van der Waals surface area (Å²) in [6.07, 6.45) is 4.78. The summed E-state index contributed by atoms with van der Waals surface area (Å²) in [7, 11) is 3.86. The Morgan fingerprint density at radius 1 is 1.50 bits per heavy atom. The molecule has 0 bridgehead atoms. The van der Waals surface area contributed by atoms with Crippen LogP contribution in [0, 0.1) is 0 Å². The van der Waals surface area contributed by atoms with Gasteiger partial charge in [0.15, 0.2) is 0 Å². The molecule has 0 aliphatic heterocycles.